The molecule has 3 heteroatoms. The van der Waals surface area contributed by atoms with Crippen molar-refractivity contribution >= 4 is 6.29 Å². The van der Waals surface area contributed by atoms with Crippen LogP contribution in [0, 0.1) is 12.7 Å². The molecule has 0 aliphatic carbocycles. The minimum atomic E-state index is -0.256. The lowest BCUT2D eigenvalue weighted by Crippen LogP contribution is -1.96. The van der Waals surface area contributed by atoms with Gasteiger partial charge in [0.05, 0.1) is 5.56 Å². The van der Waals surface area contributed by atoms with Crippen LogP contribution in [0.2, 0.25) is 0 Å². The second-order valence-electron chi connectivity index (χ2n) is 4.22. The van der Waals surface area contributed by atoms with Crippen molar-refractivity contribution in [3.8, 4) is 5.75 Å². The zero-order valence-electron chi connectivity index (χ0n) is 9.98. The largest absolute Gasteiger partial charge is 0.507 e. The maximum Gasteiger partial charge on any atom is 0.153 e. The number of hydrogen-bond acceptors (Lipinski definition) is 2. The Balaban J connectivity index is 2.34. The lowest BCUT2D eigenvalue weighted by Gasteiger charge is -2.08. The first kappa shape index (κ1) is 12.3. The molecule has 2 aromatic rings. The molecule has 0 radical (unpaired) electrons. The van der Waals surface area contributed by atoms with Crippen LogP contribution in [0.15, 0.2) is 36.4 Å². The van der Waals surface area contributed by atoms with E-state index < -0.39 is 0 Å². The van der Waals surface area contributed by atoms with E-state index in [-0.39, 0.29) is 17.1 Å². The van der Waals surface area contributed by atoms with E-state index in [0.717, 1.165) is 11.1 Å². The number of aromatic hydroxyl groups is 1. The monoisotopic (exact) mass is 244 g/mol. The quantitative estimate of drug-likeness (QED) is 0.841. The van der Waals surface area contributed by atoms with Crippen molar-refractivity contribution in [2.24, 2.45) is 0 Å². The van der Waals surface area contributed by atoms with E-state index in [1.165, 1.54) is 18.2 Å². The molecule has 0 saturated carbocycles. The molecule has 0 heterocycles. The Morgan fingerprint density at radius 1 is 1.28 bits per heavy atom. The molecule has 0 amide bonds. The number of halogens is 1. The minimum absolute atomic E-state index is 0.0727. The van der Waals surface area contributed by atoms with Crippen LogP contribution in [-0.2, 0) is 6.42 Å². The molecule has 0 aromatic heterocycles. The number of phenols is 1. The molecular formula is C15H13FO2. The molecule has 2 aromatic carbocycles. The molecule has 0 unspecified atom stereocenters. The van der Waals surface area contributed by atoms with Crippen LogP contribution in [-0.4, -0.2) is 11.4 Å². The molecule has 0 fully saturated rings. The van der Waals surface area contributed by atoms with E-state index in [1.54, 1.807) is 12.1 Å². The van der Waals surface area contributed by atoms with Gasteiger partial charge in [-0.2, -0.15) is 0 Å². The van der Waals surface area contributed by atoms with E-state index in [0.29, 0.717) is 18.3 Å². The Kier molecular flexibility index (Phi) is 3.42. The lowest BCUT2D eigenvalue weighted by atomic mass is 9.99. The third-order valence-corrected chi connectivity index (χ3v) is 2.96. The summed E-state index contributed by atoms with van der Waals surface area (Å²) in [5.41, 5.74) is 2.49. The number of aryl methyl sites for hydroxylation is 1. The van der Waals surface area contributed by atoms with Crippen LogP contribution < -0.4 is 0 Å². The SMILES string of the molecule is Cc1cccc(F)c1Cc1ccc(C=O)c(O)c1. The van der Waals surface area contributed by atoms with Gasteiger partial charge in [-0.15, -0.1) is 0 Å². The van der Waals surface area contributed by atoms with Crippen molar-refractivity contribution in [2.45, 2.75) is 13.3 Å². The molecule has 0 aliphatic rings. The molecule has 0 bridgehead atoms. The van der Waals surface area contributed by atoms with Gasteiger partial charge in [-0.1, -0.05) is 18.2 Å². The summed E-state index contributed by atoms with van der Waals surface area (Å²) in [6, 6.07) is 9.68. The number of rotatable bonds is 3. The molecule has 0 aliphatic heterocycles. The Hall–Kier alpha value is -2.16. The number of benzene rings is 2. The third-order valence-electron chi connectivity index (χ3n) is 2.96. The summed E-state index contributed by atoms with van der Waals surface area (Å²) >= 11 is 0. The van der Waals surface area contributed by atoms with Gasteiger partial charge in [0, 0.05) is 6.42 Å². The zero-order chi connectivity index (χ0) is 13.1. The van der Waals surface area contributed by atoms with Gasteiger partial charge in [0.25, 0.3) is 0 Å². The van der Waals surface area contributed by atoms with Gasteiger partial charge in [-0.05, 0) is 41.8 Å². The van der Waals surface area contributed by atoms with Crippen LogP contribution in [0.1, 0.15) is 27.0 Å². The predicted molar refractivity (Wildman–Crippen MR) is 67.4 cm³/mol. The maximum absolute atomic E-state index is 13.7. The van der Waals surface area contributed by atoms with Crippen LogP contribution in [0.5, 0.6) is 5.75 Å². The first-order valence-electron chi connectivity index (χ1n) is 5.63. The molecule has 0 spiro atoms. The Morgan fingerprint density at radius 2 is 2.06 bits per heavy atom. The van der Waals surface area contributed by atoms with Crippen LogP contribution in [0.3, 0.4) is 0 Å². The summed E-state index contributed by atoms with van der Waals surface area (Å²) in [6.45, 7) is 1.85. The fourth-order valence-corrected chi connectivity index (χ4v) is 1.89. The summed E-state index contributed by atoms with van der Waals surface area (Å²) in [7, 11) is 0. The topological polar surface area (TPSA) is 37.3 Å². The van der Waals surface area contributed by atoms with Gasteiger partial charge in [-0.25, -0.2) is 4.39 Å². The molecule has 0 atom stereocenters. The van der Waals surface area contributed by atoms with Gasteiger partial charge in [-0.3, -0.25) is 4.79 Å². The van der Waals surface area contributed by atoms with E-state index in [9.17, 15) is 14.3 Å². The lowest BCUT2D eigenvalue weighted by molar-refractivity contribution is 0.112. The van der Waals surface area contributed by atoms with E-state index in [4.69, 9.17) is 0 Å². The first-order valence-corrected chi connectivity index (χ1v) is 5.63. The van der Waals surface area contributed by atoms with Crippen LogP contribution >= 0.6 is 0 Å². The van der Waals surface area contributed by atoms with Gasteiger partial charge in [0.2, 0.25) is 0 Å². The predicted octanol–water partition coefficient (Wildman–Crippen LogP) is 3.24. The Bertz CT molecular complexity index is 571. The summed E-state index contributed by atoms with van der Waals surface area (Å²) in [5.74, 6) is -0.328. The molecule has 1 N–H and O–H groups in total. The van der Waals surface area contributed by atoms with Gasteiger partial charge >= 0.3 is 0 Å². The highest BCUT2D eigenvalue weighted by molar-refractivity contribution is 5.79. The molecular weight excluding hydrogens is 231 g/mol. The van der Waals surface area contributed by atoms with E-state index in [1.807, 2.05) is 13.0 Å². The molecule has 0 saturated heterocycles. The van der Waals surface area contributed by atoms with Gasteiger partial charge in [0.15, 0.2) is 6.29 Å². The maximum atomic E-state index is 13.7. The number of carbonyl (C=O) groups is 1. The molecule has 18 heavy (non-hydrogen) atoms. The molecule has 2 rings (SSSR count). The number of aldehydes is 1. The Morgan fingerprint density at radius 3 is 2.67 bits per heavy atom. The molecule has 92 valence electrons. The summed E-state index contributed by atoms with van der Waals surface area (Å²) in [5, 5.41) is 9.58. The number of carbonyl (C=O) groups excluding carboxylic acids is 1. The van der Waals surface area contributed by atoms with Crippen LogP contribution in [0.4, 0.5) is 4.39 Å². The van der Waals surface area contributed by atoms with Crippen molar-refractivity contribution < 1.29 is 14.3 Å². The van der Waals surface area contributed by atoms with Crippen molar-refractivity contribution in [1.82, 2.24) is 0 Å². The summed E-state index contributed by atoms with van der Waals surface area (Å²) < 4.78 is 13.7. The minimum Gasteiger partial charge on any atom is -0.507 e. The standard InChI is InChI=1S/C15H13FO2/c1-10-3-2-4-14(16)13(10)7-11-5-6-12(9-17)15(18)8-11/h2-6,8-9,18H,7H2,1H3. The Labute approximate surface area is 105 Å². The van der Waals surface area contributed by atoms with Crippen molar-refractivity contribution in [3.63, 3.8) is 0 Å². The normalized spacial score (nSPS) is 10.3. The van der Waals surface area contributed by atoms with Crippen molar-refractivity contribution in [3.05, 3.63) is 64.5 Å². The highest BCUT2D eigenvalue weighted by Crippen LogP contribution is 2.22. The van der Waals surface area contributed by atoms with E-state index in [2.05, 4.69) is 0 Å². The molecule has 2 nitrogen and oxygen atoms in total. The second kappa shape index (κ2) is 5.00. The van der Waals surface area contributed by atoms with Crippen molar-refractivity contribution in [1.29, 1.82) is 0 Å². The second-order valence-corrected chi connectivity index (χ2v) is 4.22. The summed E-state index contributed by atoms with van der Waals surface area (Å²) in [6.07, 6.45) is 0.985. The zero-order valence-corrected chi connectivity index (χ0v) is 9.98. The average molecular weight is 244 g/mol. The fraction of sp³-hybridized carbons (Fsp3) is 0.133. The fourth-order valence-electron chi connectivity index (χ4n) is 1.89. The highest BCUT2D eigenvalue weighted by Gasteiger charge is 2.08. The number of hydrogen-bond donors (Lipinski definition) is 1. The van der Waals surface area contributed by atoms with Gasteiger partial charge < -0.3 is 5.11 Å². The highest BCUT2D eigenvalue weighted by atomic mass is 19.1. The van der Waals surface area contributed by atoms with Crippen molar-refractivity contribution in [2.75, 3.05) is 0 Å². The number of phenolic OH excluding ortho intramolecular Hbond substituents is 1. The van der Waals surface area contributed by atoms with Crippen LogP contribution in [0.25, 0.3) is 0 Å². The smallest absolute Gasteiger partial charge is 0.153 e. The van der Waals surface area contributed by atoms with E-state index >= 15 is 0 Å². The third kappa shape index (κ3) is 2.40. The summed E-state index contributed by atoms with van der Waals surface area (Å²) in [4.78, 5) is 10.6. The average Bonchev–Trinajstić information content (AvgIpc) is 2.34. The van der Waals surface area contributed by atoms with Gasteiger partial charge in [0.1, 0.15) is 11.6 Å². The first-order chi connectivity index (χ1) is 8.61.